The first-order valence-corrected chi connectivity index (χ1v) is 8.64. The fourth-order valence-corrected chi connectivity index (χ4v) is 3.26. The summed E-state index contributed by atoms with van der Waals surface area (Å²) in [5.41, 5.74) is 0.793. The molecule has 0 amide bonds. The topological polar surface area (TPSA) is 50.3 Å². The first-order valence-electron chi connectivity index (χ1n) is 8.26. The van der Waals surface area contributed by atoms with Gasteiger partial charge in [0, 0.05) is 24.2 Å². The molecule has 1 atom stereocenters. The van der Waals surface area contributed by atoms with Crippen molar-refractivity contribution in [3.05, 3.63) is 35.1 Å². The van der Waals surface area contributed by atoms with Crippen molar-refractivity contribution in [2.45, 2.75) is 26.7 Å². The summed E-state index contributed by atoms with van der Waals surface area (Å²) in [6, 6.07) is 7.47. The minimum Gasteiger partial charge on any atom is -0.495 e. The monoisotopic (exact) mass is 346 g/mol. The van der Waals surface area contributed by atoms with Gasteiger partial charge in [0.1, 0.15) is 23.2 Å². The van der Waals surface area contributed by atoms with Crippen molar-refractivity contribution in [2.75, 3.05) is 30.4 Å². The average molecular weight is 347 g/mol. The Balaban J connectivity index is 1.88. The summed E-state index contributed by atoms with van der Waals surface area (Å²) >= 11 is 6.10. The Bertz CT molecular complexity index is 722. The van der Waals surface area contributed by atoms with Gasteiger partial charge < -0.3 is 15.0 Å². The van der Waals surface area contributed by atoms with E-state index in [1.165, 1.54) is 12.8 Å². The normalized spacial score (nSPS) is 17.7. The summed E-state index contributed by atoms with van der Waals surface area (Å²) in [5.74, 6) is 3.88. The van der Waals surface area contributed by atoms with Crippen molar-refractivity contribution in [3.63, 3.8) is 0 Å². The fraction of sp³-hybridized carbons (Fsp3) is 0.444. The van der Waals surface area contributed by atoms with E-state index in [1.54, 1.807) is 13.2 Å². The lowest BCUT2D eigenvalue weighted by molar-refractivity contribution is 0.417. The number of piperidine rings is 1. The number of aromatic nitrogens is 2. The van der Waals surface area contributed by atoms with Gasteiger partial charge in [-0.1, -0.05) is 18.5 Å². The molecule has 1 unspecified atom stereocenters. The Labute approximate surface area is 148 Å². The van der Waals surface area contributed by atoms with E-state index >= 15 is 0 Å². The zero-order valence-corrected chi connectivity index (χ0v) is 15.1. The number of nitrogens with one attached hydrogen (secondary N) is 1. The van der Waals surface area contributed by atoms with Crippen molar-refractivity contribution in [3.8, 4) is 5.75 Å². The second kappa shape index (κ2) is 7.26. The third-order valence-corrected chi connectivity index (χ3v) is 4.46. The van der Waals surface area contributed by atoms with Gasteiger partial charge in [0.2, 0.25) is 0 Å². The third-order valence-electron chi connectivity index (χ3n) is 4.23. The molecule has 1 fully saturated rings. The SMILES string of the molecule is COc1ccc(Cl)cc1Nc1cc(N2CCCC(C)C2)nc(C)n1. The van der Waals surface area contributed by atoms with Crippen LogP contribution >= 0.6 is 11.6 Å². The van der Waals surface area contributed by atoms with Crippen LogP contribution in [0, 0.1) is 12.8 Å². The number of halogens is 1. The quantitative estimate of drug-likeness (QED) is 0.887. The highest BCUT2D eigenvalue weighted by Crippen LogP contribution is 2.31. The molecule has 0 aliphatic carbocycles. The van der Waals surface area contributed by atoms with Gasteiger partial charge >= 0.3 is 0 Å². The smallest absolute Gasteiger partial charge is 0.142 e. The lowest BCUT2D eigenvalue weighted by Gasteiger charge is -2.32. The molecule has 0 radical (unpaired) electrons. The maximum Gasteiger partial charge on any atom is 0.142 e. The molecule has 0 bridgehead atoms. The van der Waals surface area contributed by atoms with Crippen LogP contribution in [0.3, 0.4) is 0 Å². The number of hydrogen-bond acceptors (Lipinski definition) is 5. The molecule has 128 valence electrons. The van der Waals surface area contributed by atoms with Gasteiger partial charge in [0.15, 0.2) is 0 Å². The zero-order valence-electron chi connectivity index (χ0n) is 14.3. The molecule has 2 aromatic rings. The Morgan fingerprint density at radius 2 is 2.12 bits per heavy atom. The largest absolute Gasteiger partial charge is 0.495 e. The van der Waals surface area contributed by atoms with Crippen LogP contribution in [0.1, 0.15) is 25.6 Å². The van der Waals surface area contributed by atoms with Crippen molar-refractivity contribution < 1.29 is 4.74 Å². The molecule has 5 nitrogen and oxygen atoms in total. The van der Waals surface area contributed by atoms with E-state index in [0.717, 1.165) is 42.0 Å². The number of rotatable bonds is 4. The molecular formula is C18H23ClN4O. The highest BCUT2D eigenvalue weighted by atomic mass is 35.5. The molecule has 1 aliphatic heterocycles. The Hall–Kier alpha value is -2.01. The lowest BCUT2D eigenvalue weighted by Crippen LogP contribution is -2.35. The van der Waals surface area contributed by atoms with Crippen LogP contribution in [0.5, 0.6) is 5.75 Å². The predicted molar refractivity (Wildman–Crippen MR) is 98.7 cm³/mol. The fourth-order valence-electron chi connectivity index (χ4n) is 3.09. The zero-order chi connectivity index (χ0) is 17.1. The molecule has 6 heteroatoms. The third kappa shape index (κ3) is 3.90. The van der Waals surface area contributed by atoms with Gasteiger partial charge in [-0.15, -0.1) is 0 Å². The van der Waals surface area contributed by atoms with E-state index in [1.807, 2.05) is 25.1 Å². The van der Waals surface area contributed by atoms with Gasteiger partial charge in [0.25, 0.3) is 0 Å². The van der Waals surface area contributed by atoms with Crippen LogP contribution in [0.15, 0.2) is 24.3 Å². The molecule has 1 aromatic carbocycles. The molecule has 1 N–H and O–H groups in total. The lowest BCUT2D eigenvalue weighted by atomic mass is 10.0. The van der Waals surface area contributed by atoms with Crippen LogP contribution in [-0.2, 0) is 0 Å². The molecule has 0 spiro atoms. The molecule has 1 saturated heterocycles. The van der Waals surface area contributed by atoms with E-state index < -0.39 is 0 Å². The predicted octanol–water partition coefficient (Wildman–Crippen LogP) is 4.43. The Kier molecular flexibility index (Phi) is 5.09. The van der Waals surface area contributed by atoms with Gasteiger partial charge in [-0.3, -0.25) is 0 Å². The van der Waals surface area contributed by atoms with Crippen molar-refractivity contribution >= 4 is 28.9 Å². The second-order valence-corrected chi connectivity index (χ2v) is 6.76. The maximum absolute atomic E-state index is 6.10. The molecule has 24 heavy (non-hydrogen) atoms. The first kappa shape index (κ1) is 16.8. The van der Waals surface area contributed by atoms with Crippen LogP contribution in [0.4, 0.5) is 17.3 Å². The number of methoxy groups -OCH3 is 1. The molecule has 0 saturated carbocycles. The minimum atomic E-state index is 0.647. The van der Waals surface area contributed by atoms with E-state index in [4.69, 9.17) is 16.3 Å². The summed E-state index contributed by atoms with van der Waals surface area (Å²) in [6.07, 6.45) is 2.49. The number of anilines is 3. The number of aryl methyl sites for hydroxylation is 1. The first-order chi connectivity index (χ1) is 11.5. The second-order valence-electron chi connectivity index (χ2n) is 6.32. The maximum atomic E-state index is 6.10. The standard InChI is InChI=1S/C18H23ClN4O/c1-12-5-4-8-23(11-12)18-10-17(20-13(2)21-18)22-15-9-14(19)6-7-16(15)24-3/h6-7,9-10,12H,4-5,8,11H2,1-3H3,(H,20,21,22). The van der Waals surface area contributed by atoms with Crippen molar-refractivity contribution in [1.29, 1.82) is 0 Å². The Morgan fingerprint density at radius 3 is 2.88 bits per heavy atom. The number of hydrogen-bond donors (Lipinski definition) is 1. The average Bonchev–Trinajstić information content (AvgIpc) is 2.54. The Morgan fingerprint density at radius 1 is 1.29 bits per heavy atom. The number of ether oxygens (including phenoxy) is 1. The summed E-state index contributed by atoms with van der Waals surface area (Å²) in [7, 11) is 1.64. The van der Waals surface area contributed by atoms with Crippen LogP contribution < -0.4 is 15.0 Å². The van der Waals surface area contributed by atoms with Gasteiger partial charge in [-0.25, -0.2) is 9.97 Å². The summed E-state index contributed by atoms with van der Waals surface area (Å²) in [4.78, 5) is 11.4. The van der Waals surface area contributed by atoms with Gasteiger partial charge in [-0.05, 0) is 43.9 Å². The van der Waals surface area contributed by atoms with Crippen LogP contribution in [0.25, 0.3) is 0 Å². The molecule has 2 heterocycles. The van der Waals surface area contributed by atoms with Gasteiger partial charge in [-0.2, -0.15) is 0 Å². The number of benzene rings is 1. The van der Waals surface area contributed by atoms with E-state index in [9.17, 15) is 0 Å². The molecular weight excluding hydrogens is 324 g/mol. The summed E-state index contributed by atoms with van der Waals surface area (Å²) in [5, 5.41) is 3.96. The molecule has 1 aromatic heterocycles. The summed E-state index contributed by atoms with van der Waals surface area (Å²) in [6.45, 7) is 6.28. The van der Waals surface area contributed by atoms with E-state index in [2.05, 4.69) is 27.1 Å². The highest BCUT2D eigenvalue weighted by Gasteiger charge is 2.18. The molecule has 1 aliphatic rings. The summed E-state index contributed by atoms with van der Waals surface area (Å²) < 4.78 is 5.39. The van der Waals surface area contributed by atoms with Crippen molar-refractivity contribution in [1.82, 2.24) is 9.97 Å². The highest BCUT2D eigenvalue weighted by molar-refractivity contribution is 6.31. The van der Waals surface area contributed by atoms with E-state index in [0.29, 0.717) is 10.9 Å². The number of nitrogens with zero attached hydrogens (tertiary/aromatic N) is 3. The van der Waals surface area contributed by atoms with Gasteiger partial charge in [0.05, 0.1) is 12.8 Å². The van der Waals surface area contributed by atoms with Crippen LogP contribution in [0.2, 0.25) is 5.02 Å². The van der Waals surface area contributed by atoms with Crippen molar-refractivity contribution in [2.24, 2.45) is 5.92 Å². The minimum absolute atomic E-state index is 0.647. The molecule has 3 rings (SSSR count). The van der Waals surface area contributed by atoms with Crippen LogP contribution in [-0.4, -0.2) is 30.2 Å². The van der Waals surface area contributed by atoms with E-state index in [-0.39, 0.29) is 0 Å².